The fourth-order valence-corrected chi connectivity index (χ4v) is 3.91. The Morgan fingerprint density at radius 1 is 1.38 bits per heavy atom. The lowest BCUT2D eigenvalue weighted by molar-refractivity contribution is -0.143. The average Bonchev–Trinajstić information content (AvgIpc) is 2.77. The third kappa shape index (κ3) is 4.82. The van der Waals surface area contributed by atoms with E-state index in [0.29, 0.717) is 35.7 Å². The summed E-state index contributed by atoms with van der Waals surface area (Å²) in [5, 5.41) is 14.2. The second-order valence-electron chi connectivity index (χ2n) is 8.01. The number of ether oxygens (including phenoxy) is 2. The van der Waals surface area contributed by atoms with Crippen LogP contribution in [0.1, 0.15) is 44.7 Å². The predicted molar refractivity (Wildman–Crippen MR) is 123 cm³/mol. The topological polar surface area (TPSA) is 110 Å². The monoisotopic (exact) mass is 434 g/mol. The number of aryl methyl sites for hydroxylation is 1. The van der Waals surface area contributed by atoms with Gasteiger partial charge in [-0.3, -0.25) is 4.98 Å². The molecule has 2 aromatic rings. The number of hydrogen-bond acceptors (Lipinski definition) is 7. The van der Waals surface area contributed by atoms with Crippen molar-refractivity contribution < 1.29 is 14.3 Å². The molecule has 1 aliphatic rings. The maximum Gasteiger partial charge on any atom is 0.337 e. The normalized spacial score (nSPS) is 16.3. The summed E-state index contributed by atoms with van der Waals surface area (Å²) in [6.07, 6.45) is 2.39. The number of hydrogen-bond donors (Lipinski definition) is 2. The summed E-state index contributed by atoms with van der Waals surface area (Å²) in [5.41, 5.74) is 10.4. The van der Waals surface area contributed by atoms with Crippen LogP contribution in [0.15, 0.2) is 53.0 Å². The Morgan fingerprint density at radius 3 is 2.81 bits per heavy atom. The van der Waals surface area contributed by atoms with E-state index < -0.39 is 11.9 Å². The van der Waals surface area contributed by atoms with Gasteiger partial charge in [0.1, 0.15) is 0 Å². The maximum atomic E-state index is 13.3. The van der Waals surface area contributed by atoms with Gasteiger partial charge in [0.25, 0.3) is 0 Å². The van der Waals surface area contributed by atoms with Crippen molar-refractivity contribution >= 4 is 16.9 Å². The van der Waals surface area contributed by atoms with Crippen molar-refractivity contribution in [1.29, 1.82) is 5.26 Å². The van der Waals surface area contributed by atoms with Crippen LogP contribution in [0, 0.1) is 11.3 Å². The lowest BCUT2D eigenvalue weighted by Gasteiger charge is -2.30. The molecule has 0 amide bonds. The highest BCUT2D eigenvalue weighted by atomic mass is 16.5. The zero-order chi connectivity index (χ0) is 23.3. The number of esters is 1. The Bertz CT molecular complexity index is 1110. The number of pyridine rings is 1. The van der Waals surface area contributed by atoms with Gasteiger partial charge in [0.05, 0.1) is 53.7 Å². The third-order valence-electron chi connectivity index (χ3n) is 5.37. The first-order valence-corrected chi connectivity index (χ1v) is 10.9. The van der Waals surface area contributed by atoms with Crippen LogP contribution in [0.4, 0.5) is 0 Å². The van der Waals surface area contributed by atoms with E-state index in [1.807, 2.05) is 31.3 Å². The van der Waals surface area contributed by atoms with Crippen LogP contribution in [0.2, 0.25) is 0 Å². The van der Waals surface area contributed by atoms with Crippen molar-refractivity contribution in [2.45, 2.75) is 46.1 Å². The molecule has 32 heavy (non-hydrogen) atoms. The van der Waals surface area contributed by atoms with E-state index in [9.17, 15) is 10.1 Å². The van der Waals surface area contributed by atoms with Crippen LogP contribution in [-0.4, -0.2) is 36.8 Å². The second-order valence-corrected chi connectivity index (χ2v) is 8.01. The molecule has 1 atom stereocenters. The largest absolute Gasteiger partial charge is 0.460 e. The molecule has 0 saturated heterocycles. The van der Waals surface area contributed by atoms with Gasteiger partial charge in [-0.2, -0.15) is 5.26 Å². The SMILES string of the molecule is CCc1cnc2cccc(C3C(C#N)=C(C)NC(COCCN)=C3C(=O)OC(C)C)c2c1. The summed E-state index contributed by atoms with van der Waals surface area (Å²) in [6.45, 7) is 8.39. The summed E-state index contributed by atoms with van der Waals surface area (Å²) in [5.74, 6) is -1.07. The molecule has 0 radical (unpaired) electrons. The maximum absolute atomic E-state index is 13.3. The molecular formula is C25H30N4O3. The Morgan fingerprint density at radius 2 is 2.16 bits per heavy atom. The van der Waals surface area contributed by atoms with Crippen LogP contribution in [-0.2, 0) is 20.7 Å². The highest BCUT2D eigenvalue weighted by Crippen LogP contribution is 2.41. The quantitative estimate of drug-likeness (QED) is 0.483. The predicted octanol–water partition coefficient (Wildman–Crippen LogP) is 3.46. The van der Waals surface area contributed by atoms with Crippen LogP contribution in [0.5, 0.6) is 0 Å². The smallest absolute Gasteiger partial charge is 0.337 e. The number of dihydropyridines is 1. The molecule has 0 aliphatic carbocycles. The number of allylic oxidation sites excluding steroid dienone is 2. The highest BCUT2D eigenvalue weighted by molar-refractivity contribution is 5.95. The van der Waals surface area contributed by atoms with Gasteiger partial charge in [-0.25, -0.2) is 4.79 Å². The van der Waals surface area contributed by atoms with Crippen molar-refractivity contribution in [2.24, 2.45) is 5.73 Å². The van der Waals surface area contributed by atoms with Gasteiger partial charge in [-0.05, 0) is 50.5 Å². The van der Waals surface area contributed by atoms with Gasteiger partial charge in [-0.15, -0.1) is 0 Å². The molecule has 7 nitrogen and oxygen atoms in total. The first-order valence-electron chi connectivity index (χ1n) is 10.9. The van der Waals surface area contributed by atoms with E-state index in [-0.39, 0.29) is 12.7 Å². The minimum absolute atomic E-state index is 0.162. The lowest BCUT2D eigenvalue weighted by Crippen LogP contribution is -2.33. The Labute approximate surface area is 188 Å². The van der Waals surface area contributed by atoms with E-state index in [1.165, 1.54) is 0 Å². The van der Waals surface area contributed by atoms with Crippen molar-refractivity contribution in [1.82, 2.24) is 10.3 Å². The first-order chi connectivity index (χ1) is 15.4. The fraction of sp³-hybridized carbons (Fsp3) is 0.400. The number of aromatic nitrogens is 1. The van der Waals surface area contributed by atoms with Crippen molar-refractivity contribution in [3.8, 4) is 6.07 Å². The van der Waals surface area contributed by atoms with E-state index in [1.54, 1.807) is 13.8 Å². The highest BCUT2D eigenvalue weighted by Gasteiger charge is 2.36. The summed E-state index contributed by atoms with van der Waals surface area (Å²) >= 11 is 0. The molecule has 3 N–H and O–H groups in total. The molecule has 168 valence electrons. The van der Waals surface area contributed by atoms with E-state index in [0.717, 1.165) is 28.5 Å². The summed E-state index contributed by atoms with van der Waals surface area (Å²) < 4.78 is 11.3. The molecule has 0 spiro atoms. The number of fused-ring (bicyclic) bond motifs is 1. The number of nitrogens with two attached hydrogens (primary N) is 1. The molecule has 2 heterocycles. The molecule has 1 aliphatic heterocycles. The first kappa shape index (κ1) is 23.5. The van der Waals surface area contributed by atoms with Crippen LogP contribution >= 0.6 is 0 Å². The van der Waals surface area contributed by atoms with E-state index in [2.05, 4.69) is 29.4 Å². The standard InChI is InChI=1S/C25H30N4O3/c1-5-17-11-19-18(7-6-8-21(19)28-13-17)23-20(12-27)16(4)29-22(14-31-10-9-26)24(23)25(30)32-15(2)3/h6-8,11,13,15,23,29H,5,9-10,14,26H2,1-4H3. The molecule has 1 unspecified atom stereocenters. The molecule has 7 heteroatoms. The number of rotatable bonds is 8. The summed E-state index contributed by atoms with van der Waals surface area (Å²) in [7, 11) is 0. The van der Waals surface area contributed by atoms with Gasteiger partial charge < -0.3 is 20.5 Å². The second kappa shape index (κ2) is 10.4. The van der Waals surface area contributed by atoms with E-state index in [4.69, 9.17) is 15.2 Å². The molecule has 0 saturated carbocycles. The van der Waals surface area contributed by atoms with Crippen molar-refractivity contribution in [3.63, 3.8) is 0 Å². The zero-order valence-electron chi connectivity index (χ0n) is 19.1. The molecular weight excluding hydrogens is 404 g/mol. The minimum atomic E-state index is -0.596. The minimum Gasteiger partial charge on any atom is -0.460 e. The summed E-state index contributed by atoms with van der Waals surface area (Å²) in [6, 6.07) is 10.2. The molecule has 3 rings (SSSR count). The number of benzene rings is 1. The number of nitrogens with zero attached hydrogens (tertiary/aromatic N) is 2. The number of nitriles is 1. The van der Waals surface area contributed by atoms with Gasteiger partial charge in [0, 0.05) is 23.8 Å². The zero-order valence-corrected chi connectivity index (χ0v) is 19.1. The summed E-state index contributed by atoms with van der Waals surface area (Å²) in [4.78, 5) is 17.9. The van der Waals surface area contributed by atoms with Gasteiger partial charge in [0.15, 0.2) is 0 Å². The van der Waals surface area contributed by atoms with Gasteiger partial charge in [0.2, 0.25) is 0 Å². The van der Waals surface area contributed by atoms with Crippen molar-refractivity contribution in [3.05, 3.63) is 64.1 Å². The molecule has 1 aromatic heterocycles. The fourth-order valence-electron chi connectivity index (χ4n) is 3.91. The number of carbonyl (C=O) groups is 1. The lowest BCUT2D eigenvalue weighted by atomic mass is 9.79. The molecule has 0 bridgehead atoms. The Balaban J connectivity index is 2.26. The third-order valence-corrected chi connectivity index (χ3v) is 5.37. The van der Waals surface area contributed by atoms with Crippen LogP contribution in [0.3, 0.4) is 0 Å². The number of nitrogens with one attached hydrogen (secondary N) is 1. The average molecular weight is 435 g/mol. The Kier molecular flexibility index (Phi) is 7.62. The Hall–Kier alpha value is -3.21. The molecule has 0 fully saturated rings. The van der Waals surface area contributed by atoms with Crippen LogP contribution < -0.4 is 11.1 Å². The number of carbonyl (C=O) groups excluding carboxylic acids is 1. The van der Waals surface area contributed by atoms with Gasteiger partial charge in [-0.1, -0.05) is 19.1 Å². The van der Waals surface area contributed by atoms with E-state index >= 15 is 0 Å². The molecule has 1 aromatic carbocycles. The van der Waals surface area contributed by atoms with Crippen molar-refractivity contribution in [2.75, 3.05) is 19.8 Å². The van der Waals surface area contributed by atoms with Crippen LogP contribution in [0.25, 0.3) is 10.9 Å². The van der Waals surface area contributed by atoms with Gasteiger partial charge >= 0.3 is 5.97 Å².